The van der Waals surface area contributed by atoms with Gasteiger partial charge in [-0.2, -0.15) is 0 Å². The molecule has 0 unspecified atom stereocenters. The summed E-state index contributed by atoms with van der Waals surface area (Å²) in [5, 5.41) is 0. The maximum atomic E-state index is 13.5. The fourth-order valence-electron chi connectivity index (χ4n) is 2.27. The summed E-state index contributed by atoms with van der Waals surface area (Å²) in [6.07, 6.45) is -1.22. The normalized spacial score (nSPS) is 13.4. The van der Waals surface area contributed by atoms with Crippen molar-refractivity contribution < 1.29 is 35.8 Å². The molecule has 148 valence electrons. The van der Waals surface area contributed by atoms with Crippen molar-refractivity contribution in [3.63, 3.8) is 0 Å². The van der Waals surface area contributed by atoms with Gasteiger partial charge in [0.05, 0.1) is 21.2 Å². The summed E-state index contributed by atoms with van der Waals surface area (Å²) < 4.78 is 90.0. The third-order valence-electron chi connectivity index (χ3n) is 3.46. The Hall–Kier alpha value is -1.42. The summed E-state index contributed by atoms with van der Waals surface area (Å²) in [5.41, 5.74) is 0. The Bertz CT molecular complexity index is 793. The van der Waals surface area contributed by atoms with Crippen LogP contribution in [0.4, 0.5) is 26.3 Å². The van der Waals surface area contributed by atoms with Crippen LogP contribution in [0.3, 0.4) is 0 Å². The molecule has 0 aliphatic rings. The number of hydrogen-bond donors (Lipinski definition) is 0. The van der Waals surface area contributed by atoms with E-state index in [1.54, 1.807) is 13.8 Å². The Balaban J connectivity index is 2.08. The predicted molar refractivity (Wildman–Crippen MR) is 92.8 cm³/mol. The topological polar surface area (TPSA) is 18.5 Å². The zero-order valence-electron chi connectivity index (χ0n) is 13.9. The lowest BCUT2D eigenvalue weighted by molar-refractivity contribution is 0.128. The second-order valence-electron chi connectivity index (χ2n) is 5.69. The van der Waals surface area contributed by atoms with Crippen LogP contribution >= 0.6 is 31.9 Å². The number of halogens is 8. The number of rotatable bonds is 6. The highest BCUT2D eigenvalue weighted by molar-refractivity contribution is 9.11. The van der Waals surface area contributed by atoms with Gasteiger partial charge in [-0.3, -0.25) is 0 Å². The van der Waals surface area contributed by atoms with Gasteiger partial charge in [-0.05, 0) is 45.7 Å². The Kier molecular flexibility index (Phi) is 7.07. The number of benzene rings is 2. The molecule has 0 bridgehead atoms. The average Bonchev–Trinajstić information content (AvgIpc) is 2.60. The molecule has 0 radical (unpaired) electrons. The molecule has 10 heteroatoms. The number of hydrogen-bond acceptors (Lipinski definition) is 2. The van der Waals surface area contributed by atoms with Gasteiger partial charge in [-0.1, -0.05) is 0 Å². The molecule has 0 N–H and O–H groups in total. The summed E-state index contributed by atoms with van der Waals surface area (Å²) in [5.74, 6) is -9.47. The van der Waals surface area contributed by atoms with Crippen molar-refractivity contribution in [2.24, 2.45) is 0 Å². The average molecular weight is 522 g/mol. The first-order chi connectivity index (χ1) is 12.5. The van der Waals surface area contributed by atoms with E-state index in [1.165, 1.54) is 0 Å². The summed E-state index contributed by atoms with van der Waals surface area (Å²) in [6, 6.07) is 1.37. The SMILES string of the molecule is C[C@H](C[C@H](C)Oc1cc(F)c(F)c(F)c1Br)Oc1cc(F)c(F)c(F)c1Br. The van der Waals surface area contributed by atoms with Crippen LogP contribution in [-0.4, -0.2) is 12.2 Å². The van der Waals surface area contributed by atoms with Crippen LogP contribution < -0.4 is 9.47 Å². The monoisotopic (exact) mass is 520 g/mol. The quantitative estimate of drug-likeness (QED) is 0.240. The van der Waals surface area contributed by atoms with E-state index in [1.807, 2.05) is 0 Å². The second kappa shape index (κ2) is 8.72. The molecule has 2 nitrogen and oxygen atoms in total. The molecule has 0 heterocycles. The highest BCUT2D eigenvalue weighted by atomic mass is 79.9. The minimum Gasteiger partial charge on any atom is -0.489 e. The highest BCUT2D eigenvalue weighted by Gasteiger charge is 2.22. The number of ether oxygens (including phenoxy) is 2. The van der Waals surface area contributed by atoms with E-state index < -0.39 is 47.1 Å². The summed E-state index contributed by atoms with van der Waals surface area (Å²) in [6.45, 7) is 3.10. The molecular formula is C17H12Br2F6O2. The molecule has 0 spiro atoms. The minimum absolute atomic E-state index is 0.125. The largest absolute Gasteiger partial charge is 0.489 e. The van der Waals surface area contributed by atoms with Crippen LogP contribution in [0.25, 0.3) is 0 Å². The maximum Gasteiger partial charge on any atom is 0.195 e. The van der Waals surface area contributed by atoms with Crippen molar-refractivity contribution in [2.45, 2.75) is 32.5 Å². The van der Waals surface area contributed by atoms with Crippen molar-refractivity contribution in [3.8, 4) is 11.5 Å². The molecule has 0 fully saturated rings. The lowest BCUT2D eigenvalue weighted by Crippen LogP contribution is -2.23. The van der Waals surface area contributed by atoms with Gasteiger partial charge in [-0.25, -0.2) is 26.3 Å². The lowest BCUT2D eigenvalue weighted by Gasteiger charge is -2.21. The van der Waals surface area contributed by atoms with Crippen LogP contribution in [0, 0.1) is 34.9 Å². The standard InChI is InChI=1S/C17H12Br2F6O2/c1-6(26-10-4-8(20)14(22)16(24)12(10)18)3-7(2)27-11-5-9(21)15(23)17(25)13(11)19/h4-7H,3H2,1-2H3/t6-,7+. The smallest absolute Gasteiger partial charge is 0.195 e. The Labute approximate surface area is 167 Å². The van der Waals surface area contributed by atoms with Crippen LogP contribution in [0.15, 0.2) is 21.1 Å². The van der Waals surface area contributed by atoms with Crippen LogP contribution in [-0.2, 0) is 0 Å². The van der Waals surface area contributed by atoms with Crippen molar-refractivity contribution >= 4 is 31.9 Å². The predicted octanol–water partition coefficient (Wildman–Crippen LogP) is 6.67. The molecule has 2 aromatic carbocycles. The maximum absolute atomic E-state index is 13.5. The van der Waals surface area contributed by atoms with E-state index in [4.69, 9.17) is 9.47 Å². The van der Waals surface area contributed by atoms with Crippen molar-refractivity contribution in [1.29, 1.82) is 0 Å². The van der Waals surface area contributed by atoms with E-state index in [9.17, 15) is 26.3 Å². The Morgan fingerprint density at radius 3 is 1.37 bits per heavy atom. The van der Waals surface area contributed by atoms with Gasteiger partial charge in [-0.15, -0.1) is 0 Å². The van der Waals surface area contributed by atoms with Crippen molar-refractivity contribution in [2.75, 3.05) is 0 Å². The van der Waals surface area contributed by atoms with Gasteiger partial charge in [0.25, 0.3) is 0 Å². The van der Waals surface area contributed by atoms with E-state index >= 15 is 0 Å². The second-order valence-corrected chi connectivity index (χ2v) is 7.28. The first-order valence-electron chi connectivity index (χ1n) is 7.52. The zero-order chi connectivity index (χ0) is 20.5. The minimum atomic E-state index is -1.64. The summed E-state index contributed by atoms with van der Waals surface area (Å²) in [7, 11) is 0. The summed E-state index contributed by atoms with van der Waals surface area (Å²) >= 11 is 5.57. The molecule has 0 saturated heterocycles. The molecule has 0 aromatic heterocycles. The fraction of sp³-hybridized carbons (Fsp3) is 0.294. The molecule has 0 saturated carbocycles. The van der Waals surface area contributed by atoms with Crippen molar-refractivity contribution in [3.05, 3.63) is 56.0 Å². The Morgan fingerprint density at radius 1 is 0.704 bits per heavy atom. The van der Waals surface area contributed by atoms with Crippen LogP contribution in [0.5, 0.6) is 11.5 Å². The molecule has 0 aliphatic carbocycles. The molecule has 27 heavy (non-hydrogen) atoms. The van der Waals surface area contributed by atoms with Gasteiger partial charge >= 0.3 is 0 Å². The fourth-order valence-corrected chi connectivity index (χ4v) is 3.03. The third-order valence-corrected chi connectivity index (χ3v) is 4.94. The van der Waals surface area contributed by atoms with Gasteiger partial charge in [0.2, 0.25) is 0 Å². The van der Waals surface area contributed by atoms with E-state index in [0.717, 1.165) is 0 Å². The lowest BCUT2D eigenvalue weighted by atomic mass is 10.2. The third kappa shape index (κ3) is 4.90. The van der Waals surface area contributed by atoms with E-state index in [0.29, 0.717) is 12.1 Å². The van der Waals surface area contributed by atoms with Crippen molar-refractivity contribution in [1.82, 2.24) is 0 Å². The molecule has 2 rings (SSSR count). The van der Waals surface area contributed by atoms with Gasteiger partial charge in [0, 0.05) is 18.6 Å². The Morgan fingerprint density at radius 2 is 1.04 bits per heavy atom. The highest BCUT2D eigenvalue weighted by Crippen LogP contribution is 2.34. The molecule has 2 aromatic rings. The zero-order valence-corrected chi connectivity index (χ0v) is 17.0. The van der Waals surface area contributed by atoms with E-state index in [2.05, 4.69) is 31.9 Å². The molecule has 2 atom stereocenters. The molecule has 0 amide bonds. The van der Waals surface area contributed by atoms with Gasteiger partial charge in [0.15, 0.2) is 34.9 Å². The summed E-state index contributed by atoms with van der Waals surface area (Å²) in [4.78, 5) is 0. The van der Waals surface area contributed by atoms with Crippen LogP contribution in [0.2, 0.25) is 0 Å². The van der Waals surface area contributed by atoms with Gasteiger partial charge in [0.1, 0.15) is 11.5 Å². The first kappa shape index (κ1) is 21.9. The van der Waals surface area contributed by atoms with E-state index in [-0.39, 0.29) is 26.9 Å². The van der Waals surface area contributed by atoms with Gasteiger partial charge < -0.3 is 9.47 Å². The molecule has 0 aliphatic heterocycles. The van der Waals surface area contributed by atoms with Crippen LogP contribution in [0.1, 0.15) is 20.3 Å². The first-order valence-corrected chi connectivity index (χ1v) is 9.10. The molecular weight excluding hydrogens is 510 g/mol.